The van der Waals surface area contributed by atoms with Crippen LogP contribution in [0.15, 0.2) is 47.4 Å². The lowest BCUT2D eigenvalue weighted by molar-refractivity contribution is -0.348. The Hall–Kier alpha value is -2.78. The smallest absolute Gasteiger partial charge is 0.393 e. The lowest BCUT2D eigenvalue weighted by Gasteiger charge is -2.44. The van der Waals surface area contributed by atoms with Crippen molar-refractivity contribution < 1.29 is 58.5 Å². The number of nitrogens with one attached hydrogen (secondary N) is 1. The Morgan fingerprint density at radius 2 is 1.56 bits per heavy atom. The molecule has 2 aromatic rings. The summed E-state index contributed by atoms with van der Waals surface area (Å²) in [5, 5.41) is 22.1. The summed E-state index contributed by atoms with van der Waals surface area (Å²) in [6, 6.07) is 4.46. The van der Waals surface area contributed by atoms with E-state index in [1.807, 2.05) is 0 Å². The number of amides is 1. The number of fused-ring (bicyclic) bond motifs is 3. The van der Waals surface area contributed by atoms with Gasteiger partial charge in [-0.05, 0) is 73.9 Å². The molecule has 2 fully saturated rings. The summed E-state index contributed by atoms with van der Waals surface area (Å²) >= 11 is 0. The maximum atomic E-state index is 14.9. The Morgan fingerprint density at radius 3 is 2.12 bits per heavy atom. The van der Waals surface area contributed by atoms with Gasteiger partial charge in [-0.25, -0.2) is 17.2 Å². The first-order valence-corrected chi connectivity index (χ1v) is 14.9. The average molecular weight is 642 g/mol. The van der Waals surface area contributed by atoms with E-state index in [2.05, 4.69) is 5.32 Å². The minimum atomic E-state index is -6.36. The maximum Gasteiger partial charge on any atom is 0.435 e. The summed E-state index contributed by atoms with van der Waals surface area (Å²) in [5.41, 5.74) is -9.18. The molecule has 3 N–H and O–H groups in total. The molecule has 15 heteroatoms. The van der Waals surface area contributed by atoms with Gasteiger partial charge in [0.05, 0.1) is 17.1 Å². The maximum absolute atomic E-state index is 14.9. The fourth-order valence-corrected chi connectivity index (χ4v) is 9.50. The molecule has 3 atom stereocenters. The monoisotopic (exact) mass is 641 g/mol. The van der Waals surface area contributed by atoms with Gasteiger partial charge in [0.25, 0.3) is 0 Å². The van der Waals surface area contributed by atoms with Crippen molar-refractivity contribution in [1.29, 1.82) is 0 Å². The number of halogens is 8. The lowest BCUT2D eigenvalue weighted by Crippen LogP contribution is -2.55. The highest BCUT2D eigenvalue weighted by atomic mass is 32.2. The van der Waals surface area contributed by atoms with Gasteiger partial charge in [0.2, 0.25) is 5.91 Å². The molecule has 3 aliphatic rings. The number of aryl methyl sites for hydroxylation is 1. The van der Waals surface area contributed by atoms with Crippen molar-refractivity contribution in [3.63, 3.8) is 0 Å². The van der Waals surface area contributed by atoms with E-state index in [1.54, 1.807) is 0 Å². The predicted octanol–water partition coefficient (Wildman–Crippen LogP) is 4.76. The van der Waals surface area contributed by atoms with Crippen molar-refractivity contribution in [1.82, 2.24) is 5.32 Å². The standard InChI is InChI=1S/C28H27F8NO5S/c29-18-3-5-19(6-4-18)43(41,42)25-10-9-22(37-23(39)16-12-24(40,13-16)14-38)21(25)7-1-15-11-17(2-8-20(15)25)26(30,27(31,32)33)28(34,35)36/h2-6,8,11,16,21-22,38,40H,1,7,9-10,12-14H2,(H,37,39)/t16-,21-,22+,24-,25+/m0/s1. The molecule has 6 nitrogen and oxygen atoms in total. The third-order valence-electron chi connectivity index (χ3n) is 9.23. The largest absolute Gasteiger partial charge is 0.435 e. The Kier molecular flexibility index (Phi) is 7.45. The zero-order chi connectivity index (χ0) is 31.8. The topological polar surface area (TPSA) is 104 Å². The molecular formula is C28H27F8NO5S. The van der Waals surface area contributed by atoms with Gasteiger partial charge < -0.3 is 15.5 Å². The van der Waals surface area contributed by atoms with Crippen LogP contribution in [0.1, 0.15) is 48.8 Å². The summed E-state index contributed by atoms with van der Waals surface area (Å²) in [4.78, 5) is 12.6. The second-order valence-electron chi connectivity index (χ2n) is 11.7. The first-order chi connectivity index (χ1) is 19.8. The molecule has 0 saturated heterocycles. The summed E-state index contributed by atoms with van der Waals surface area (Å²) < 4.78 is 136. The van der Waals surface area contributed by atoms with Crippen molar-refractivity contribution in [3.05, 3.63) is 65.0 Å². The molecule has 0 unspecified atom stereocenters. The zero-order valence-electron chi connectivity index (χ0n) is 22.3. The quantitative estimate of drug-likeness (QED) is 0.312. The number of alkyl halides is 7. The SMILES string of the molecule is O=C(N[C@@H]1CC[C@@]2(S(=O)(=O)c3ccc(F)cc3)c3ccc(C(F)(C(F)(F)F)C(F)(F)F)cc3CC[C@@H]12)[C@H]1C[C@@](O)(CO)C1. The number of aliphatic hydroxyl groups excluding tert-OH is 1. The van der Waals surface area contributed by atoms with Crippen LogP contribution in [0.5, 0.6) is 0 Å². The Balaban J connectivity index is 1.60. The molecule has 43 heavy (non-hydrogen) atoms. The van der Waals surface area contributed by atoms with Gasteiger partial charge in [-0.1, -0.05) is 18.2 Å². The van der Waals surface area contributed by atoms with Crippen LogP contribution in [-0.2, 0) is 31.5 Å². The van der Waals surface area contributed by atoms with Gasteiger partial charge in [0, 0.05) is 23.4 Å². The molecule has 0 spiro atoms. The van der Waals surface area contributed by atoms with Crippen LogP contribution in [0.4, 0.5) is 35.1 Å². The molecule has 0 heterocycles. The number of carbonyl (C=O) groups excluding carboxylic acids is 1. The number of sulfone groups is 1. The van der Waals surface area contributed by atoms with Gasteiger partial charge in [-0.3, -0.25) is 4.79 Å². The highest BCUT2D eigenvalue weighted by Gasteiger charge is 2.74. The number of hydrogen-bond acceptors (Lipinski definition) is 5. The van der Waals surface area contributed by atoms with Crippen LogP contribution in [0.3, 0.4) is 0 Å². The Labute approximate surface area is 241 Å². The van der Waals surface area contributed by atoms with Gasteiger partial charge in [0.15, 0.2) is 9.84 Å². The van der Waals surface area contributed by atoms with Crippen molar-refractivity contribution in [3.8, 4) is 0 Å². The fourth-order valence-electron chi connectivity index (χ4n) is 7.02. The number of benzene rings is 2. The predicted molar refractivity (Wildman–Crippen MR) is 134 cm³/mol. The number of hydrogen-bond donors (Lipinski definition) is 3. The lowest BCUT2D eigenvalue weighted by atomic mass is 9.70. The third-order valence-corrected chi connectivity index (χ3v) is 11.8. The summed E-state index contributed by atoms with van der Waals surface area (Å²) in [6.45, 7) is -0.552. The minimum absolute atomic E-state index is 0.0270. The molecule has 1 amide bonds. The van der Waals surface area contributed by atoms with E-state index in [0.29, 0.717) is 12.1 Å². The molecular weight excluding hydrogens is 614 g/mol. The third kappa shape index (κ3) is 4.73. The zero-order valence-corrected chi connectivity index (χ0v) is 23.1. The van der Waals surface area contributed by atoms with E-state index >= 15 is 0 Å². The van der Waals surface area contributed by atoms with Crippen molar-refractivity contribution in [2.45, 2.75) is 77.8 Å². The fraction of sp³-hybridized carbons (Fsp3) is 0.536. The van der Waals surface area contributed by atoms with Crippen LogP contribution in [0, 0.1) is 17.7 Å². The van der Waals surface area contributed by atoms with Crippen LogP contribution in [0.25, 0.3) is 0 Å². The second kappa shape index (κ2) is 10.1. The summed E-state index contributed by atoms with van der Waals surface area (Å²) in [7, 11) is -4.53. The van der Waals surface area contributed by atoms with E-state index in [4.69, 9.17) is 0 Å². The first-order valence-electron chi connectivity index (χ1n) is 13.4. The second-order valence-corrected chi connectivity index (χ2v) is 13.9. The van der Waals surface area contributed by atoms with E-state index in [9.17, 15) is 58.5 Å². The van der Waals surface area contributed by atoms with Crippen LogP contribution >= 0.6 is 0 Å². The number of carbonyl (C=O) groups is 1. The molecule has 5 rings (SSSR count). The summed E-state index contributed by atoms with van der Waals surface area (Å²) in [6.07, 6.45) is -13.2. The summed E-state index contributed by atoms with van der Waals surface area (Å²) in [5.74, 6) is -2.82. The molecule has 2 saturated carbocycles. The van der Waals surface area contributed by atoms with E-state index in [1.165, 1.54) is 0 Å². The molecule has 2 aromatic carbocycles. The average Bonchev–Trinajstić information content (AvgIpc) is 3.29. The van der Waals surface area contributed by atoms with Crippen LogP contribution < -0.4 is 5.32 Å². The van der Waals surface area contributed by atoms with Crippen LogP contribution in [0.2, 0.25) is 0 Å². The Bertz CT molecular complexity index is 1510. The minimum Gasteiger partial charge on any atom is -0.393 e. The number of rotatable bonds is 6. The van der Waals surface area contributed by atoms with E-state index in [-0.39, 0.29) is 54.5 Å². The highest BCUT2D eigenvalue weighted by Crippen LogP contribution is 2.59. The molecule has 0 aromatic heterocycles. The van der Waals surface area contributed by atoms with Crippen molar-refractivity contribution >= 4 is 15.7 Å². The van der Waals surface area contributed by atoms with Gasteiger partial charge in [0.1, 0.15) is 10.6 Å². The van der Waals surface area contributed by atoms with E-state index < -0.39 is 80.0 Å². The molecule has 0 aliphatic heterocycles. The number of aliphatic hydroxyl groups is 2. The molecule has 3 aliphatic carbocycles. The van der Waals surface area contributed by atoms with Crippen LogP contribution in [-0.4, -0.2) is 55.1 Å². The van der Waals surface area contributed by atoms with Crippen molar-refractivity contribution in [2.24, 2.45) is 11.8 Å². The molecule has 236 valence electrons. The normalized spacial score (nSPS) is 29.4. The molecule has 0 radical (unpaired) electrons. The van der Waals surface area contributed by atoms with E-state index in [0.717, 1.165) is 30.3 Å². The molecule has 0 bridgehead atoms. The first kappa shape index (κ1) is 31.6. The van der Waals surface area contributed by atoms with Gasteiger partial charge in [-0.2, -0.15) is 26.3 Å². The van der Waals surface area contributed by atoms with Gasteiger partial charge >= 0.3 is 18.0 Å². The van der Waals surface area contributed by atoms with Gasteiger partial charge in [-0.15, -0.1) is 0 Å². The highest BCUT2D eigenvalue weighted by molar-refractivity contribution is 7.92. The van der Waals surface area contributed by atoms with Crippen molar-refractivity contribution in [2.75, 3.05) is 6.61 Å². The Morgan fingerprint density at radius 1 is 0.953 bits per heavy atom.